The standard InChI is InChI=1S/C15H19BrN2S/c1-11-7-13(9-16)10-17-15(11)18(3)12(2)8-14-5-4-6-19-14/h4-7,10,12H,8-9H2,1-3H3. The monoisotopic (exact) mass is 338 g/mol. The van der Waals surface area contributed by atoms with Crippen LogP contribution in [0, 0.1) is 6.92 Å². The summed E-state index contributed by atoms with van der Waals surface area (Å²) in [6.45, 7) is 4.38. The van der Waals surface area contributed by atoms with Crippen LogP contribution in [0.1, 0.15) is 22.9 Å². The summed E-state index contributed by atoms with van der Waals surface area (Å²) in [7, 11) is 2.13. The molecule has 1 atom stereocenters. The van der Waals surface area contributed by atoms with Crippen LogP contribution in [0.5, 0.6) is 0 Å². The van der Waals surface area contributed by atoms with E-state index in [9.17, 15) is 0 Å². The van der Waals surface area contributed by atoms with Gasteiger partial charge in [0.1, 0.15) is 5.82 Å². The fourth-order valence-corrected chi connectivity index (χ4v) is 3.27. The van der Waals surface area contributed by atoms with Gasteiger partial charge in [-0.3, -0.25) is 0 Å². The highest BCUT2D eigenvalue weighted by Gasteiger charge is 2.14. The van der Waals surface area contributed by atoms with Gasteiger partial charge in [0.15, 0.2) is 0 Å². The van der Waals surface area contributed by atoms with Crippen molar-refractivity contribution in [2.75, 3.05) is 11.9 Å². The Morgan fingerprint density at radius 2 is 2.26 bits per heavy atom. The minimum atomic E-state index is 0.444. The number of likely N-dealkylation sites (N-methyl/N-ethyl adjacent to an activating group) is 1. The van der Waals surface area contributed by atoms with Crippen LogP contribution in [0.15, 0.2) is 29.8 Å². The molecule has 102 valence electrons. The lowest BCUT2D eigenvalue weighted by Gasteiger charge is -2.27. The molecule has 2 heterocycles. The van der Waals surface area contributed by atoms with Gasteiger partial charge in [0.2, 0.25) is 0 Å². The number of nitrogens with zero attached hydrogens (tertiary/aromatic N) is 2. The van der Waals surface area contributed by atoms with Crippen LogP contribution in [0.25, 0.3) is 0 Å². The van der Waals surface area contributed by atoms with E-state index in [1.54, 1.807) is 0 Å². The molecule has 1 unspecified atom stereocenters. The van der Waals surface area contributed by atoms with E-state index < -0.39 is 0 Å². The zero-order valence-corrected chi connectivity index (χ0v) is 14.0. The molecule has 2 nitrogen and oxygen atoms in total. The van der Waals surface area contributed by atoms with E-state index in [1.807, 2.05) is 17.5 Å². The summed E-state index contributed by atoms with van der Waals surface area (Å²) in [5.41, 5.74) is 2.46. The third kappa shape index (κ3) is 3.57. The molecule has 2 aromatic heterocycles. The van der Waals surface area contributed by atoms with Crippen LogP contribution in [0.4, 0.5) is 5.82 Å². The third-order valence-electron chi connectivity index (χ3n) is 3.33. The average Bonchev–Trinajstić information content (AvgIpc) is 2.90. The maximum Gasteiger partial charge on any atom is 0.131 e. The zero-order valence-electron chi connectivity index (χ0n) is 11.6. The van der Waals surface area contributed by atoms with Crippen molar-refractivity contribution in [1.29, 1.82) is 0 Å². The molecule has 0 fully saturated rings. The molecule has 2 aromatic rings. The summed E-state index contributed by atoms with van der Waals surface area (Å²) in [5.74, 6) is 1.08. The summed E-state index contributed by atoms with van der Waals surface area (Å²) >= 11 is 5.29. The second-order valence-corrected chi connectivity index (χ2v) is 6.45. The SMILES string of the molecule is Cc1cc(CBr)cnc1N(C)C(C)Cc1cccs1. The molecule has 0 saturated heterocycles. The van der Waals surface area contributed by atoms with Crippen LogP contribution >= 0.6 is 27.3 Å². The zero-order chi connectivity index (χ0) is 13.8. The number of rotatable bonds is 5. The Balaban J connectivity index is 2.12. The van der Waals surface area contributed by atoms with Gasteiger partial charge in [0.25, 0.3) is 0 Å². The quantitative estimate of drug-likeness (QED) is 0.750. The molecule has 0 aromatic carbocycles. The van der Waals surface area contributed by atoms with Crippen LogP contribution in [-0.4, -0.2) is 18.1 Å². The van der Waals surface area contributed by atoms with Gasteiger partial charge in [-0.05, 0) is 36.4 Å². The van der Waals surface area contributed by atoms with Gasteiger partial charge in [0.05, 0.1) is 0 Å². The molecule has 0 aliphatic heterocycles. The topological polar surface area (TPSA) is 16.1 Å². The smallest absolute Gasteiger partial charge is 0.131 e. The molecular weight excluding hydrogens is 320 g/mol. The predicted octanol–water partition coefficient (Wildman–Crippen LogP) is 4.41. The molecule has 0 spiro atoms. The van der Waals surface area contributed by atoms with Crippen LogP contribution in [0.3, 0.4) is 0 Å². The lowest BCUT2D eigenvalue weighted by Crippen LogP contribution is -2.31. The number of hydrogen-bond donors (Lipinski definition) is 0. The lowest BCUT2D eigenvalue weighted by molar-refractivity contribution is 0.678. The van der Waals surface area contributed by atoms with E-state index in [1.165, 1.54) is 16.0 Å². The van der Waals surface area contributed by atoms with Crippen molar-refractivity contribution >= 4 is 33.1 Å². The van der Waals surface area contributed by atoms with Gasteiger partial charge >= 0.3 is 0 Å². The minimum Gasteiger partial charge on any atom is -0.356 e. The Hall–Kier alpha value is -0.870. The summed E-state index contributed by atoms with van der Waals surface area (Å²) in [4.78, 5) is 8.29. The predicted molar refractivity (Wildman–Crippen MR) is 87.5 cm³/mol. The molecule has 0 aliphatic rings. The molecule has 0 saturated carbocycles. The Morgan fingerprint density at radius 3 is 2.84 bits per heavy atom. The van der Waals surface area contributed by atoms with Gasteiger partial charge in [-0.1, -0.05) is 28.1 Å². The lowest BCUT2D eigenvalue weighted by atomic mass is 10.1. The maximum atomic E-state index is 4.60. The number of aromatic nitrogens is 1. The molecule has 0 amide bonds. The fourth-order valence-electron chi connectivity index (χ4n) is 2.13. The highest BCUT2D eigenvalue weighted by atomic mass is 79.9. The van der Waals surface area contributed by atoms with E-state index in [2.05, 4.69) is 70.3 Å². The summed E-state index contributed by atoms with van der Waals surface area (Å²) in [6.07, 6.45) is 3.01. The molecule has 0 N–H and O–H groups in total. The Morgan fingerprint density at radius 1 is 1.47 bits per heavy atom. The van der Waals surface area contributed by atoms with Crippen LogP contribution < -0.4 is 4.90 Å². The van der Waals surface area contributed by atoms with Gasteiger partial charge in [-0.2, -0.15) is 0 Å². The number of thiophene rings is 1. The van der Waals surface area contributed by atoms with E-state index in [-0.39, 0.29) is 0 Å². The number of halogens is 1. The van der Waals surface area contributed by atoms with E-state index in [0.29, 0.717) is 6.04 Å². The van der Waals surface area contributed by atoms with E-state index in [0.717, 1.165) is 17.6 Å². The molecule has 0 radical (unpaired) electrons. The number of alkyl halides is 1. The third-order valence-corrected chi connectivity index (χ3v) is 4.88. The van der Waals surface area contributed by atoms with Crippen LogP contribution in [-0.2, 0) is 11.8 Å². The minimum absolute atomic E-state index is 0.444. The Bertz CT molecular complexity index is 525. The van der Waals surface area contributed by atoms with Crippen molar-refractivity contribution in [2.24, 2.45) is 0 Å². The van der Waals surface area contributed by atoms with Gasteiger partial charge in [0, 0.05) is 35.9 Å². The summed E-state index contributed by atoms with van der Waals surface area (Å²) < 4.78 is 0. The van der Waals surface area contributed by atoms with E-state index in [4.69, 9.17) is 0 Å². The second kappa shape index (κ2) is 6.53. The maximum absolute atomic E-state index is 4.60. The number of pyridine rings is 1. The molecule has 2 rings (SSSR count). The number of hydrogen-bond acceptors (Lipinski definition) is 3. The average molecular weight is 339 g/mol. The fraction of sp³-hybridized carbons (Fsp3) is 0.400. The normalized spacial score (nSPS) is 12.4. The highest BCUT2D eigenvalue weighted by Crippen LogP contribution is 2.22. The van der Waals surface area contributed by atoms with Gasteiger partial charge < -0.3 is 4.90 Å². The first-order valence-corrected chi connectivity index (χ1v) is 8.38. The number of aryl methyl sites for hydroxylation is 1. The highest BCUT2D eigenvalue weighted by molar-refractivity contribution is 9.08. The van der Waals surface area contributed by atoms with Crippen molar-refractivity contribution in [3.05, 3.63) is 45.8 Å². The molecular formula is C15H19BrN2S. The number of anilines is 1. The largest absolute Gasteiger partial charge is 0.356 e. The first kappa shape index (κ1) is 14.5. The first-order valence-electron chi connectivity index (χ1n) is 6.38. The Labute approximate surface area is 127 Å². The van der Waals surface area contributed by atoms with Crippen molar-refractivity contribution in [2.45, 2.75) is 31.6 Å². The Kier molecular flexibility index (Phi) is 4.99. The van der Waals surface area contributed by atoms with Crippen molar-refractivity contribution in [1.82, 2.24) is 4.98 Å². The van der Waals surface area contributed by atoms with Gasteiger partial charge in [-0.25, -0.2) is 4.98 Å². The summed E-state index contributed by atoms with van der Waals surface area (Å²) in [5, 5.41) is 2.99. The molecule has 0 bridgehead atoms. The summed E-state index contributed by atoms with van der Waals surface area (Å²) in [6, 6.07) is 6.95. The molecule has 0 aliphatic carbocycles. The van der Waals surface area contributed by atoms with Crippen molar-refractivity contribution in [3.63, 3.8) is 0 Å². The van der Waals surface area contributed by atoms with Crippen LogP contribution in [0.2, 0.25) is 0 Å². The molecule has 4 heteroatoms. The van der Waals surface area contributed by atoms with Crippen molar-refractivity contribution in [3.8, 4) is 0 Å². The first-order chi connectivity index (χ1) is 9.11. The van der Waals surface area contributed by atoms with E-state index >= 15 is 0 Å². The van der Waals surface area contributed by atoms with Crippen molar-refractivity contribution < 1.29 is 0 Å². The van der Waals surface area contributed by atoms with Gasteiger partial charge in [-0.15, -0.1) is 11.3 Å². The second-order valence-electron chi connectivity index (χ2n) is 4.86. The molecule has 19 heavy (non-hydrogen) atoms.